The van der Waals surface area contributed by atoms with Gasteiger partial charge in [-0.1, -0.05) is 81.4 Å². The summed E-state index contributed by atoms with van der Waals surface area (Å²) in [6.45, 7) is 8.92. The second-order valence-electron chi connectivity index (χ2n) is 14.9. The Hall–Kier alpha value is -6.30. The summed E-state index contributed by atoms with van der Waals surface area (Å²) in [5, 5.41) is 10.8. The lowest BCUT2D eigenvalue weighted by Crippen LogP contribution is -2.22. The Bertz CT molecular complexity index is 2510. The van der Waals surface area contributed by atoms with E-state index < -0.39 is 16.9 Å². The predicted molar refractivity (Wildman–Crippen MR) is 242 cm³/mol. The van der Waals surface area contributed by atoms with Gasteiger partial charge in [0.05, 0.1) is 51.5 Å². The van der Waals surface area contributed by atoms with Gasteiger partial charge in [0.1, 0.15) is 23.9 Å². The highest BCUT2D eigenvalue weighted by molar-refractivity contribution is 7.70. The van der Waals surface area contributed by atoms with Crippen molar-refractivity contribution in [3.05, 3.63) is 120 Å². The molecule has 1 heterocycles. The minimum absolute atomic E-state index is 0.0558. The van der Waals surface area contributed by atoms with Crippen LogP contribution in [0.5, 0.6) is 23.1 Å². The van der Waals surface area contributed by atoms with E-state index in [0.29, 0.717) is 79.5 Å². The summed E-state index contributed by atoms with van der Waals surface area (Å²) in [6, 6.07) is 31.1. The van der Waals surface area contributed by atoms with Crippen LogP contribution in [-0.2, 0) is 37.1 Å². The Kier molecular flexibility index (Phi) is 16.0. The van der Waals surface area contributed by atoms with Crippen LogP contribution in [0.3, 0.4) is 0 Å². The van der Waals surface area contributed by atoms with Crippen LogP contribution in [0.15, 0.2) is 109 Å². The highest BCUT2D eigenvalue weighted by atomic mass is 32.2. The van der Waals surface area contributed by atoms with Gasteiger partial charge in [0, 0.05) is 66.1 Å². The van der Waals surface area contributed by atoms with E-state index in [2.05, 4.69) is 51.4 Å². The number of ether oxygens (including phenoxy) is 6. The van der Waals surface area contributed by atoms with Crippen LogP contribution in [0, 0.1) is 0 Å². The molecule has 0 unspecified atom stereocenters. The molecule has 62 heavy (non-hydrogen) atoms. The van der Waals surface area contributed by atoms with Gasteiger partial charge in [-0.25, -0.2) is 22.9 Å². The average Bonchev–Trinajstić information content (AvgIpc) is 3.25. The summed E-state index contributed by atoms with van der Waals surface area (Å²) in [7, 11) is 0.357. The monoisotopic (exact) mass is 864 g/mol. The molecule has 0 bridgehead atoms. The number of benzene rings is 5. The summed E-state index contributed by atoms with van der Waals surface area (Å²) in [5.74, 6) is 2.22. The normalized spacial score (nSPS) is 11.4. The fourth-order valence-corrected chi connectivity index (χ4v) is 6.74. The van der Waals surface area contributed by atoms with Gasteiger partial charge >= 0.3 is 6.03 Å². The Labute approximate surface area is 363 Å². The molecule has 16 heteroatoms. The summed E-state index contributed by atoms with van der Waals surface area (Å²) in [4.78, 5) is 22.9. The number of rotatable bonds is 21. The first kappa shape index (κ1) is 45.2. The van der Waals surface area contributed by atoms with Crippen LogP contribution in [0.25, 0.3) is 21.9 Å². The second kappa shape index (κ2) is 22.0. The van der Waals surface area contributed by atoms with E-state index in [1.807, 2.05) is 66.7 Å². The van der Waals surface area contributed by atoms with Crippen molar-refractivity contribution in [2.75, 3.05) is 69.8 Å². The first-order chi connectivity index (χ1) is 30.0. The molecule has 5 aromatic carbocycles. The van der Waals surface area contributed by atoms with E-state index in [1.165, 1.54) is 0 Å². The molecule has 0 fully saturated rings. The second-order valence-corrected chi connectivity index (χ2v) is 15.7. The maximum atomic E-state index is 13.9. The summed E-state index contributed by atoms with van der Waals surface area (Å²) in [5.41, 5.74) is 4.61. The zero-order valence-electron chi connectivity index (χ0n) is 35.4. The van der Waals surface area contributed by atoms with Crippen LogP contribution < -0.4 is 34.9 Å². The molecule has 0 aliphatic carbocycles. The molecular formula is C46H52N6O9S. The number of anilines is 4. The molecule has 1 aromatic heterocycles. The van der Waals surface area contributed by atoms with Crippen molar-refractivity contribution < 1.29 is 41.6 Å². The average molecular weight is 865 g/mol. The number of fused-ring (bicyclic) bond motifs is 1. The number of aromatic nitrogens is 2. The Morgan fingerprint density at radius 1 is 0.726 bits per heavy atom. The Morgan fingerprint density at radius 3 is 2.15 bits per heavy atom. The lowest BCUT2D eigenvalue weighted by atomic mass is 9.83. The van der Waals surface area contributed by atoms with E-state index >= 15 is 0 Å². The summed E-state index contributed by atoms with van der Waals surface area (Å²) in [6.07, 6.45) is 1.58. The number of methoxy groups -OCH3 is 2. The number of amides is 2. The zero-order valence-corrected chi connectivity index (χ0v) is 36.3. The SMILES string of the molecule is COCCOCCOCCOc1cc(Nc2nccc(Oc3ccc(NC(=O)Nc4cc(C(C)(C)C)cc(CN[SH](=O)=O)c4-c4ccccc4)c4ccccc34)n2)cc(OC)c1. The molecular weight excluding hydrogens is 813 g/mol. The number of urea groups is 1. The third kappa shape index (κ3) is 12.9. The van der Waals surface area contributed by atoms with Crippen LogP contribution in [0.2, 0.25) is 0 Å². The third-order valence-electron chi connectivity index (χ3n) is 9.44. The minimum Gasteiger partial charge on any atom is -0.497 e. The molecule has 15 nitrogen and oxygen atoms in total. The van der Waals surface area contributed by atoms with Crippen molar-refractivity contribution in [2.45, 2.75) is 32.7 Å². The Morgan fingerprint density at radius 2 is 1.42 bits per heavy atom. The van der Waals surface area contributed by atoms with E-state index in [4.69, 9.17) is 28.4 Å². The van der Waals surface area contributed by atoms with Crippen molar-refractivity contribution in [1.29, 1.82) is 0 Å². The summed E-state index contributed by atoms with van der Waals surface area (Å²) < 4.78 is 59.4. The van der Waals surface area contributed by atoms with E-state index in [0.717, 1.165) is 27.5 Å². The van der Waals surface area contributed by atoms with Gasteiger partial charge in [0.15, 0.2) is 0 Å². The number of thiol groups is 1. The van der Waals surface area contributed by atoms with Gasteiger partial charge in [-0.15, -0.1) is 0 Å². The predicted octanol–water partition coefficient (Wildman–Crippen LogP) is 8.46. The lowest BCUT2D eigenvalue weighted by Gasteiger charge is -2.25. The minimum atomic E-state index is -2.85. The molecule has 0 aliphatic heterocycles. The number of carbonyl (C=O) groups is 1. The third-order valence-corrected chi connectivity index (χ3v) is 9.86. The highest BCUT2D eigenvalue weighted by Crippen LogP contribution is 2.38. The fourth-order valence-electron chi connectivity index (χ4n) is 6.44. The van der Waals surface area contributed by atoms with Crippen LogP contribution >= 0.6 is 0 Å². The first-order valence-electron chi connectivity index (χ1n) is 20.0. The largest absolute Gasteiger partial charge is 0.497 e. The van der Waals surface area contributed by atoms with Crippen LogP contribution in [0.1, 0.15) is 31.9 Å². The van der Waals surface area contributed by atoms with Crippen molar-refractivity contribution >= 4 is 50.7 Å². The van der Waals surface area contributed by atoms with Gasteiger partial charge < -0.3 is 44.4 Å². The highest BCUT2D eigenvalue weighted by Gasteiger charge is 2.22. The number of hydrogen-bond acceptors (Lipinski definition) is 12. The molecule has 0 saturated carbocycles. The van der Waals surface area contributed by atoms with Gasteiger partial charge in [0.25, 0.3) is 0 Å². The molecule has 4 N–H and O–H groups in total. The van der Waals surface area contributed by atoms with Gasteiger partial charge in [-0.2, -0.15) is 4.98 Å². The van der Waals surface area contributed by atoms with Crippen molar-refractivity contribution in [2.24, 2.45) is 0 Å². The molecule has 6 rings (SSSR count). The molecule has 6 aromatic rings. The van der Waals surface area contributed by atoms with E-state index in [9.17, 15) is 13.2 Å². The lowest BCUT2D eigenvalue weighted by molar-refractivity contribution is 0.0179. The molecule has 0 saturated heterocycles. The van der Waals surface area contributed by atoms with E-state index in [-0.39, 0.29) is 23.8 Å². The van der Waals surface area contributed by atoms with Crippen LogP contribution in [0.4, 0.5) is 27.8 Å². The maximum Gasteiger partial charge on any atom is 0.323 e. The van der Waals surface area contributed by atoms with Crippen molar-refractivity contribution in [3.8, 4) is 34.3 Å². The van der Waals surface area contributed by atoms with Crippen molar-refractivity contribution in [3.63, 3.8) is 0 Å². The summed E-state index contributed by atoms with van der Waals surface area (Å²) >= 11 is 0. The first-order valence-corrected chi connectivity index (χ1v) is 21.1. The topological polar surface area (TPSA) is 180 Å². The van der Waals surface area contributed by atoms with E-state index in [1.54, 1.807) is 56.8 Å². The molecule has 2 amide bonds. The van der Waals surface area contributed by atoms with Gasteiger partial charge in [0.2, 0.25) is 22.7 Å². The molecule has 0 spiro atoms. The molecule has 0 radical (unpaired) electrons. The fraction of sp³-hybridized carbons (Fsp3) is 0.283. The van der Waals surface area contributed by atoms with Crippen LogP contribution in [-0.4, -0.2) is 78.3 Å². The molecule has 0 atom stereocenters. The zero-order chi connectivity index (χ0) is 43.9. The maximum absolute atomic E-state index is 13.9. The Balaban J connectivity index is 1.17. The number of hydrogen-bond donors (Lipinski definition) is 5. The number of nitrogens with zero attached hydrogens (tertiary/aromatic N) is 2. The quantitative estimate of drug-likeness (QED) is 0.0345. The van der Waals surface area contributed by atoms with Gasteiger partial charge in [-0.05, 0) is 40.3 Å². The molecule has 326 valence electrons. The number of nitrogens with one attached hydrogen (secondary N) is 4. The smallest absolute Gasteiger partial charge is 0.323 e. The van der Waals surface area contributed by atoms with Crippen molar-refractivity contribution in [1.82, 2.24) is 14.7 Å². The standard InChI is InChI=1S/C46H52N6O9S/c1-46(2,3)33-25-32(30-48-62(54)55)43(31-11-7-6-8-12-31)40(26-33)51-45(53)50-39-15-16-41(38-14-10-9-13-37(38)39)61-42-17-18-47-44(52-42)49-34-27-35(57-5)29-36(28-34)60-24-23-59-22-21-58-20-19-56-4/h6-18,25-29,62H,19-24,30H2,1-5H3,(H,47,49,52)(H,48,54,55)(H2,50,51,53). The van der Waals surface area contributed by atoms with Gasteiger partial charge in [-0.3, -0.25) is 0 Å². The molecule has 0 aliphatic rings. The number of carbonyl (C=O) groups excluding carboxylic acids is 1.